The number of benzene rings is 2. The van der Waals surface area contributed by atoms with E-state index in [4.69, 9.17) is 15.0 Å². The Bertz CT molecular complexity index is 1260. The highest BCUT2D eigenvalue weighted by Crippen LogP contribution is 2.44. The second kappa shape index (κ2) is 9.72. The van der Waals surface area contributed by atoms with Crippen LogP contribution in [0.2, 0.25) is 0 Å². The van der Waals surface area contributed by atoms with E-state index in [1.807, 2.05) is 18.2 Å². The van der Waals surface area contributed by atoms with Gasteiger partial charge in [0.1, 0.15) is 0 Å². The summed E-state index contributed by atoms with van der Waals surface area (Å²) in [7, 11) is 0. The third-order valence-corrected chi connectivity index (χ3v) is 7.54. The first-order chi connectivity index (χ1) is 16.5. The van der Waals surface area contributed by atoms with Crippen LogP contribution in [0.3, 0.4) is 0 Å². The van der Waals surface area contributed by atoms with Crippen LogP contribution in [0.15, 0.2) is 56.8 Å². The number of amides is 2. The van der Waals surface area contributed by atoms with Crippen molar-refractivity contribution in [3.63, 3.8) is 0 Å². The fourth-order valence-electron chi connectivity index (χ4n) is 4.01. The molecule has 0 bridgehead atoms. The lowest BCUT2D eigenvalue weighted by atomic mass is 10.1. The first-order valence-electron chi connectivity index (χ1n) is 10.8. The number of anilines is 1. The Labute approximate surface area is 209 Å². The fraction of sp³-hybridized carbons (Fsp3) is 0.250. The maximum absolute atomic E-state index is 13.6. The van der Waals surface area contributed by atoms with Gasteiger partial charge in [0.25, 0.3) is 11.8 Å². The van der Waals surface area contributed by atoms with E-state index in [1.54, 1.807) is 29.2 Å². The van der Waals surface area contributed by atoms with Crippen LogP contribution in [0.1, 0.15) is 11.1 Å². The average Bonchev–Trinajstić information content (AvgIpc) is 3.35. The first-order valence-corrected chi connectivity index (χ1v) is 12.4. The summed E-state index contributed by atoms with van der Waals surface area (Å²) >= 11 is 4.68. The summed E-state index contributed by atoms with van der Waals surface area (Å²) in [6.45, 7) is 4.11. The van der Waals surface area contributed by atoms with Crippen molar-refractivity contribution in [2.45, 2.75) is 0 Å². The maximum atomic E-state index is 13.6. The SMILES string of the molecule is N#Cc1ccc(/N=C2\S/C(=C3\C(=O)Nc4c(Br)cccc43)C(=O)N2CCN2CCOCC2)cc1. The molecule has 3 heterocycles. The number of amidine groups is 1. The highest BCUT2D eigenvalue weighted by molar-refractivity contribution is 9.10. The number of nitrogens with one attached hydrogen (secondary N) is 1. The van der Waals surface area contributed by atoms with Gasteiger partial charge in [-0.3, -0.25) is 19.4 Å². The van der Waals surface area contributed by atoms with E-state index in [0.717, 1.165) is 17.6 Å². The van der Waals surface area contributed by atoms with Crippen LogP contribution in [0.25, 0.3) is 5.57 Å². The largest absolute Gasteiger partial charge is 0.379 e. The molecular weight excluding hydrogens is 518 g/mol. The Morgan fingerprint density at radius 1 is 1.12 bits per heavy atom. The molecule has 2 fully saturated rings. The number of nitriles is 1. The highest BCUT2D eigenvalue weighted by atomic mass is 79.9. The molecule has 2 saturated heterocycles. The molecule has 3 aliphatic heterocycles. The number of hydrogen-bond acceptors (Lipinski definition) is 7. The number of thioether (sulfide) groups is 1. The molecule has 3 aliphatic rings. The van der Waals surface area contributed by atoms with Gasteiger partial charge >= 0.3 is 0 Å². The van der Waals surface area contributed by atoms with E-state index in [-0.39, 0.29) is 11.8 Å². The van der Waals surface area contributed by atoms with Gasteiger partial charge in [-0.1, -0.05) is 12.1 Å². The zero-order chi connectivity index (χ0) is 23.7. The zero-order valence-electron chi connectivity index (χ0n) is 18.1. The molecule has 2 amide bonds. The van der Waals surface area contributed by atoms with Crippen LogP contribution in [0.5, 0.6) is 0 Å². The first kappa shape index (κ1) is 22.8. The van der Waals surface area contributed by atoms with Crippen molar-refractivity contribution in [2.24, 2.45) is 4.99 Å². The van der Waals surface area contributed by atoms with Gasteiger partial charge in [0.05, 0.1) is 46.7 Å². The van der Waals surface area contributed by atoms with Crippen molar-refractivity contribution in [1.82, 2.24) is 9.80 Å². The number of hydrogen-bond donors (Lipinski definition) is 1. The number of carbonyl (C=O) groups is 2. The molecule has 1 N–H and O–H groups in total. The van der Waals surface area contributed by atoms with Crippen LogP contribution in [0, 0.1) is 11.3 Å². The minimum absolute atomic E-state index is 0.233. The number of ether oxygens (including phenoxy) is 1. The van der Waals surface area contributed by atoms with Gasteiger partial charge < -0.3 is 10.1 Å². The standard InChI is InChI=1S/C24H20BrN5O3S/c25-18-3-1-2-17-19(22(31)28-20(17)18)21-23(32)30(9-8-29-10-12-33-13-11-29)24(34-21)27-16-6-4-15(14-26)5-7-16/h1-7H,8-13H2,(H,28,31)/b21-19-,27-24-. The quantitative estimate of drug-likeness (QED) is 0.598. The molecule has 2 aromatic rings. The number of carbonyl (C=O) groups excluding carboxylic acids is 2. The molecule has 0 unspecified atom stereocenters. The van der Waals surface area contributed by atoms with Crippen molar-refractivity contribution in [1.29, 1.82) is 5.26 Å². The van der Waals surface area contributed by atoms with E-state index in [1.165, 1.54) is 11.8 Å². The third kappa shape index (κ3) is 4.40. The number of morpholine rings is 1. The van der Waals surface area contributed by atoms with Gasteiger partial charge in [-0.15, -0.1) is 0 Å². The second-order valence-corrected chi connectivity index (χ2v) is 9.72. The number of rotatable bonds is 4. The number of halogens is 1. The summed E-state index contributed by atoms with van der Waals surface area (Å²) in [6.07, 6.45) is 0. The maximum Gasteiger partial charge on any atom is 0.267 e. The van der Waals surface area contributed by atoms with Gasteiger partial charge in [0.2, 0.25) is 0 Å². The summed E-state index contributed by atoms with van der Waals surface area (Å²) in [5.41, 5.74) is 2.91. The predicted octanol–water partition coefficient (Wildman–Crippen LogP) is 3.58. The van der Waals surface area contributed by atoms with E-state index in [9.17, 15) is 9.59 Å². The molecule has 0 atom stereocenters. The van der Waals surface area contributed by atoms with Crippen molar-refractivity contribution in [2.75, 3.05) is 44.7 Å². The summed E-state index contributed by atoms with van der Waals surface area (Å²) < 4.78 is 6.19. The van der Waals surface area contributed by atoms with E-state index >= 15 is 0 Å². The Hall–Kier alpha value is -2.97. The van der Waals surface area contributed by atoms with E-state index < -0.39 is 0 Å². The van der Waals surface area contributed by atoms with Gasteiger partial charge in [-0.05, 0) is 58.0 Å². The monoisotopic (exact) mass is 537 g/mol. The molecule has 8 nitrogen and oxygen atoms in total. The predicted molar refractivity (Wildman–Crippen MR) is 135 cm³/mol. The molecule has 0 aromatic heterocycles. The molecule has 0 saturated carbocycles. The van der Waals surface area contributed by atoms with Crippen molar-refractivity contribution in [3.8, 4) is 6.07 Å². The lowest BCUT2D eigenvalue weighted by Crippen LogP contribution is -2.42. The summed E-state index contributed by atoms with van der Waals surface area (Å²) in [5.74, 6) is -0.533. The van der Waals surface area contributed by atoms with Gasteiger partial charge in [-0.25, -0.2) is 4.99 Å². The second-order valence-electron chi connectivity index (χ2n) is 7.89. The highest BCUT2D eigenvalue weighted by Gasteiger charge is 2.40. The molecule has 5 rings (SSSR count). The minimum Gasteiger partial charge on any atom is -0.379 e. The third-order valence-electron chi connectivity index (χ3n) is 5.80. The molecule has 0 aliphatic carbocycles. The topological polar surface area (TPSA) is 98.0 Å². The van der Waals surface area contributed by atoms with Gasteiger partial charge in [0, 0.05) is 36.2 Å². The van der Waals surface area contributed by atoms with Gasteiger partial charge in [0.15, 0.2) is 5.17 Å². The smallest absolute Gasteiger partial charge is 0.267 e. The molecule has 34 heavy (non-hydrogen) atoms. The Morgan fingerprint density at radius 3 is 2.62 bits per heavy atom. The van der Waals surface area contributed by atoms with E-state index in [2.05, 4.69) is 32.2 Å². The fourth-order valence-corrected chi connectivity index (χ4v) is 5.59. The Kier molecular flexibility index (Phi) is 6.52. The number of aliphatic imine (C=N–C) groups is 1. The minimum atomic E-state index is -0.300. The lowest BCUT2D eigenvalue weighted by molar-refractivity contribution is -0.122. The molecule has 172 valence electrons. The molecule has 10 heteroatoms. The lowest BCUT2D eigenvalue weighted by Gasteiger charge is -2.28. The summed E-state index contributed by atoms with van der Waals surface area (Å²) in [4.78, 5) is 35.5. The molecule has 0 radical (unpaired) electrons. The van der Waals surface area contributed by atoms with Crippen LogP contribution >= 0.6 is 27.7 Å². The average molecular weight is 538 g/mol. The zero-order valence-corrected chi connectivity index (χ0v) is 20.5. The number of fused-ring (bicyclic) bond motifs is 1. The van der Waals surface area contributed by atoms with Crippen LogP contribution in [-0.2, 0) is 14.3 Å². The van der Waals surface area contributed by atoms with Crippen molar-refractivity contribution in [3.05, 3.63) is 63.0 Å². The van der Waals surface area contributed by atoms with Gasteiger partial charge in [-0.2, -0.15) is 5.26 Å². The van der Waals surface area contributed by atoms with Crippen LogP contribution in [-0.4, -0.2) is 66.2 Å². The van der Waals surface area contributed by atoms with Crippen LogP contribution < -0.4 is 5.32 Å². The Balaban J connectivity index is 1.51. The number of para-hydroxylation sites is 1. The molecular formula is C24H20BrN5O3S. The Morgan fingerprint density at radius 2 is 1.88 bits per heavy atom. The normalized spacial score (nSPS) is 21.6. The van der Waals surface area contributed by atoms with Crippen molar-refractivity contribution < 1.29 is 14.3 Å². The number of nitrogens with zero attached hydrogens (tertiary/aromatic N) is 4. The summed E-state index contributed by atoms with van der Waals surface area (Å²) in [6, 6.07) is 14.5. The van der Waals surface area contributed by atoms with Crippen LogP contribution in [0.4, 0.5) is 11.4 Å². The van der Waals surface area contributed by atoms with E-state index in [0.29, 0.717) is 64.5 Å². The molecule has 0 spiro atoms. The molecule has 2 aromatic carbocycles. The van der Waals surface area contributed by atoms with Crippen molar-refractivity contribution >= 4 is 61.6 Å². The summed E-state index contributed by atoms with van der Waals surface area (Å²) in [5, 5.41) is 12.4.